The van der Waals surface area contributed by atoms with Gasteiger partial charge in [-0.1, -0.05) is 6.42 Å². The van der Waals surface area contributed by atoms with Gasteiger partial charge >= 0.3 is 12.0 Å². The Hall–Kier alpha value is -1.34. The fourth-order valence-corrected chi connectivity index (χ4v) is 2.19. The number of rotatable bonds is 5. The molecular weight excluding hydrogens is 250 g/mol. The normalized spacial score (nSPS) is 23.4. The lowest BCUT2D eigenvalue weighted by Crippen LogP contribution is -2.53. The summed E-state index contributed by atoms with van der Waals surface area (Å²) in [6.45, 7) is 2.82. The predicted octanol–water partition coefficient (Wildman–Crippen LogP) is -0.396. The number of carboxylic acids is 1. The summed E-state index contributed by atoms with van der Waals surface area (Å²) in [5, 5.41) is 23.0. The lowest BCUT2D eigenvalue weighted by Gasteiger charge is -2.32. The van der Waals surface area contributed by atoms with Crippen molar-refractivity contribution in [2.75, 3.05) is 20.1 Å². The minimum Gasteiger partial charge on any atom is -0.480 e. The lowest BCUT2D eigenvalue weighted by molar-refractivity contribution is -0.141. The molecule has 0 aliphatic carbocycles. The lowest BCUT2D eigenvalue weighted by atomic mass is 10.0. The second-order valence-corrected chi connectivity index (χ2v) is 5.04. The maximum atomic E-state index is 11.6. The summed E-state index contributed by atoms with van der Waals surface area (Å²) >= 11 is 0. The Morgan fingerprint density at radius 2 is 2.11 bits per heavy atom. The molecule has 0 radical (unpaired) electrons. The molecule has 1 aliphatic heterocycles. The van der Waals surface area contributed by atoms with Crippen molar-refractivity contribution < 1.29 is 19.8 Å². The fraction of sp³-hybridized carbons (Fsp3) is 0.833. The number of hydrogen-bond acceptors (Lipinski definition) is 4. The summed E-state index contributed by atoms with van der Waals surface area (Å²) in [7, 11) is 2.01. The number of carbonyl (C=O) groups excluding carboxylic acids is 1. The molecule has 2 amide bonds. The Morgan fingerprint density at radius 1 is 1.42 bits per heavy atom. The maximum absolute atomic E-state index is 11.6. The van der Waals surface area contributed by atoms with E-state index in [1.54, 1.807) is 0 Å². The SMILES string of the molecule is C[C@@H](O)[C@H](NC(=O)NCC1CCCCN1C)C(=O)O. The molecule has 0 saturated carbocycles. The van der Waals surface area contributed by atoms with Gasteiger partial charge in [-0.2, -0.15) is 0 Å². The maximum Gasteiger partial charge on any atom is 0.328 e. The first-order chi connectivity index (χ1) is 8.91. The Bertz CT molecular complexity index is 322. The molecule has 19 heavy (non-hydrogen) atoms. The monoisotopic (exact) mass is 273 g/mol. The average molecular weight is 273 g/mol. The van der Waals surface area contributed by atoms with E-state index in [0.29, 0.717) is 6.54 Å². The van der Waals surface area contributed by atoms with Crippen LogP contribution in [-0.2, 0) is 4.79 Å². The topological polar surface area (TPSA) is 102 Å². The van der Waals surface area contributed by atoms with E-state index in [4.69, 9.17) is 5.11 Å². The molecule has 1 rings (SSSR count). The molecule has 1 unspecified atom stereocenters. The van der Waals surface area contributed by atoms with E-state index in [-0.39, 0.29) is 6.04 Å². The number of amides is 2. The van der Waals surface area contributed by atoms with Crippen LogP contribution in [0.15, 0.2) is 0 Å². The van der Waals surface area contributed by atoms with Crippen molar-refractivity contribution in [3.63, 3.8) is 0 Å². The minimum absolute atomic E-state index is 0.286. The first kappa shape index (κ1) is 15.7. The first-order valence-electron chi connectivity index (χ1n) is 6.57. The van der Waals surface area contributed by atoms with Gasteiger partial charge in [0.15, 0.2) is 6.04 Å². The van der Waals surface area contributed by atoms with Crippen molar-refractivity contribution in [1.82, 2.24) is 15.5 Å². The summed E-state index contributed by atoms with van der Waals surface area (Å²) in [5.74, 6) is -1.25. The standard InChI is InChI=1S/C12H23N3O4/c1-8(16)10(11(17)18)14-12(19)13-7-9-5-3-4-6-15(9)2/h8-10,16H,3-7H2,1-2H3,(H,17,18)(H2,13,14,19)/t8-,9?,10+/m1/s1. The Balaban J connectivity index is 2.36. The number of hydrogen-bond donors (Lipinski definition) is 4. The molecule has 0 aromatic carbocycles. The number of likely N-dealkylation sites (tertiary alicyclic amines) is 1. The van der Waals surface area contributed by atoms with Gasteiger partial charge in [-0.25, -0.2) is 9.59 Å². The molecule has 1 heterocycles. The van der Waals surface area contributed by atoms with E-state index in [1.165, 1.54) is 13.3 Å². The van der Waals surface area contributed by atoms with Gasteiger partial charge in [0.25, 0.3) is 0 Å². The molecule has 0 spiro atoms. The van der Waals surface area contributed by atoms with E-state index < -0.39 is 24.1 Å². The van der Waals surface area contributed by atoms with E-state index in [0.717, 1.165) is 19.4 Å². The molecule has 0 bridgehead atoms. The van der Waals surface area contributed by atoms with Gasteiger partial charge in [0.2, 0.25) is 0 Å². The number of urea groups is 1. The molecular formula is C12H23N3O4. The van der Waals surface area contributed by atoms with Crippen LogP contribution in [0, 0.1) is 0 Å². The van der Waals surface area contributed by atoms with Crippen LogP contribution in [0.3, 0.4) is 0 Å². The van der Waals surface area contributed by atoms with E-state index in [9.17, 15) is 14.7 Å². The summed E-state index contributed by atoms with van der Waals surface area (Å²) in [6.07, 6.45) is 2.20. The highest BCUT2D eigenvalue weighted by Crippen LogP contribution is 2.13. The van der Waals surface area contributed by atoms with Gasteiger partial charge in [-0.15, -0.1) is 0 Å². The Morgan fingerprint density at radius 3 is 2.63 bits per heavy atom. The third-order valence-corrected chi connectivity index (χ3v) is 3.45. The van der Waals surface area contributed by atoms with Crippen molar-refractivity contribution in [3.05, 3.63) is 0 Å². The molecule has 0 aromatic rings. The number of piperidine rings is 1. The van der Waals surface area contributed by atoms with E-state index >= 15 is 0 Å². The smallest absolute Gasteiger partial charge is 0.328 e. The number of aliphatic hydroxyl groups is 1. The zero-order valence-corrected chi connectivity index (χ0v) is 11.4. The molecule has 110 valence electrons. The highest BCUT2D eigenvalue weighted by molar-refractivity contribution is 5.82. The fourth-order valence-electron chi connectivity index (χ4n) is 2.19. The van der Waals surface area contributed by atoms with Crippen molar-refractivity contribution in [2.24, 2.45) is 0 Å². The van der Waals surface area contributed by atoms with Crippen LogP contribution in [-0.4, -0.2) is 65.4 Å². The summed E-state index contributed by atoms with van der Waals surface area (Å²) in [5.41, 5.74) is 0. The molecule has 7 nitrogen and oxygen atoms in total. The summed E-state index contributed by atoms with van der Waals surface area (Å²) in [6, 6.07) is -1.56. The third kappa shape index (κ3) is 5.04. The highest BCUT2D eigenvalue weighted by Gasteiger charge is 2.25. The second kappa shape index (κ2) is 7.30. The Kier molecular flexibility index (Phi) is 6.04. The highest BCUT2D eigenvalue weighted by atomic mass is 16.4. The van der Waals surface area contributed by atoms with Crippen LogP contribution < -0.4 is 10.6 Å². The minimum atomic E-state index is -1.29. The van der Waals surface area contributed by atoms with Crippen molar-refractivity contribution in [2.45, 2.75) is 44.4 Å². The van der Waals surface area contributed by atoms with Gasteiger partial charge in [0.05, 0.1) is 6.10 Å². The largest absolute Gasteiger partial charge is 0.480 e. The Labute approximate surface area is 113 Å². The molecule has 4 N–H and O–H groups in total. The van der Waals surface area contributed by atoms with Crippen molar-refractivity contribution >= 4 is 12.0 Å². The van der Waals surface area contributed by atoms with Gasteiger partial charge in [0.1, 0.15) is 0 Å². The van der Waals surface area contributed by atoms with Crippen LogP contribution in [0.25, 0.3) is 0 Å². The summed E-state index contributed by atoms with van der Waals surface area (Å²) in [4.78, 5) is 24.6. The van der Waals surface area contributed by atoms with Crippen LogP contribution in [0.1, 0.15) is 26.2 Å². The quantitative estimate of drug-likeness (QED) is 0.546. The number of aliphatic hydroxyl groups excluding tert-OH is 1. The van der Waals surface area contributed by atoms with Crippen molar-refractivity contribution in [1.29, 1.82) is 0 Å². The third-order valence-electron chi connectivity index (χ3n) is 3.45. The van der Waals surface area contributed by atoms with Gasteiger partial charge in [0, 0.05) is 12.6 Å². The summed E-state index contributed by atoms with van der Waals surface area (Å²) < 4.78 is 0. The van der Waals surface area contributed by atoms with Crippen LogP contribution in [0.4, 0.5) is 4.79 Å². The van der Waals surface area contributed by atoms with Gasteiger partial charge in [-0.05, 0) is 33.4 Å². The second-order valence-electron chi connectivity index (χ2n) is 5.04. The number of aliphatic carboxylic acids is 1. The number of likely N-dealkylation sites (N-methyl/N-ethyl adjacent to an activating group) is 1. The zero-order chi connectivity index (χ0) is 14.4. The van der Waals surface area contributed by atoms with Crippen LogP contribution >= 0.6 is 0 Å². The number of nitrogens with zero attached hydrogens (tertiary/aromatic N) is 1. The average Bonchev–Trinajstić information content (AvgIpc) is 2.34. The zero-order valence-electron chi connectivity index (χ0n) is 11.4. The van der Waals surface area contributed by atoms with Gasteiger partial charge in [-0.3, -0.25) is 0 Å². The molecule has 7 heteroatoms. The van der Waals surface area contributed by atoms with Crippen LogP contribution in [0.2, 0.25) is 0 Å². The number of nitrogens with one attached hydrogen (secondary N) is 2. The van der Waals surface area contributed by atoms with E-state index in [1.807, 2.05) is 7.05 Å². The molecule has 1 aliphatic rings. The molecule has 0 aromatic heterocycles. The molecule has 1 fully saturated rings. The number of carbonyl (C=O) groups is 2. The molecule has 3 atom stereocenters. The van der Waals surface area contributed by atoms with Gasteiger partial charge < -0.3 is 25.7 Å². The molecule has 1 saturated heterocycles. The van der Waals surface area contributed by atoms with Crippen molar-refractivity contribution in [3.8, 4) is 0 Å². The first-order valence-corrected chi connectivity index (χ1v) is 6.57. The number of carboxylic acid groups (broad SMARTS) is 1. The van der Waals surface area contributed by atoms with E-state index in [2.05, 4.69) is 15.5 Å². The predicted molar refractivity (Wildman–Crippen MR) is 69.9 cm³/mol. The van der Waals surface area contributed by atoms with Crippen LogP contribution in [0.5, 0.6) is 0 Å².